The zero-order chi connectivity index (χ0) is 15.9. The summed E-state index contributed by atoms with van der Waals surface area (Å²) in [5.74, 6) is 0.917. The van der Waals surface area contributed by atoms with Crippen LogP contribution in [-0.2, 0) is 16.6 Å². The number of furan rings is 1. The molecule has 0 aromatic carbocycles. The van der Waals surface area contributed by atoms with Crippen molar-refractivity contribution in [2.75, 3.05) is 18.8 Å². The Labute approximate surface area is 131 Å². The first kappa shape index (κ1) is 16.1. The average Bonchev–Trinajstić information content (AvgIpc) is 3.13. The van der Waals surface area contributed by atoms with Gasteiger partial charge in [-0.2, -0.15) is 0 Å². The van der Waals surface area contributed by atoms with Gasteiger partial charge in [0.1, 0.15) is 0 Å². The van der Waals surface area contributed by atoms with Crippen LogP contribution in [0.15, 0.2) is 28.0 Å². The van der Waals surface area contributed by atoms with Crippen LogP contribution < -0.4 is 10.6 Å². The molecule has 22 heavy (non-hydrogen) atoms. The molecule has 0 radical (unpaired) electrons. The molecule has 8 nitrogen and oxygen atoms in total. The molecule has 9 heteroatoms. The van der Waals surface area contributed by atoms with Gasteiger partial charge in [0, 0.05) is 13.6 Å². The van der Waals surface area contributed by atoms with E-state index >= 15 is 0 Å². The van der Waals surface area contributed by atoms with Gasteiger partial charge in [-0.05, 0) is 19.1 Å². The van der Waals surface area contributed by atoms with Crippen molar-refractivity contribution < 1.29 is 14.0 Å². The van der Waals surface area contributed by atoms with Crippen LogP contribution in [0.25, 0.3) is 11.6 Å². The van der Waals surface area contributed by atoms with Gasteiger partial charge in [0.25, 0.3) is 0 Å². The smallest absolute Gasteiger partial charge is 0.239 e. The lowest BCUT2D eigenvalue weighted by Crippen LogP contribution is -2.37. The minimum absolute atomic E-state index is 0.0241. The molecule has 0 saturated carbocycles. The van der Waals surface area contributed by atoms with Crippen LogP contribution in [0, 0.1) is 0 Å². The number of aromatic nitrogens is 3. The normalized spacial score (nSPS) is 10.5. The van der Waals surface area contributed by atoms with E-state index in [4.69, 9.17) is 4.42 Å². The molecule has 2 aromatic rings. The summed E-state index contributed by atoms with van der Waals surface area (Å²) in [6, 6.07) is 3.56. The Morgan fingerprint density at radius 2 is 2.14 bits per heavy atom. The van der Waals surface area contributed by atoms with Gasteiger partial charge in [0.05, 0.1) is 18.6 Å². The van der Waals surface area contributed by atoms with Crippen molar-refractivity contribution in [3.05, 3.63) is 18.4 Å². The van der Waals surface area contributed by atoms with Gasteiger partial charge in [-0.15, -0.1) is 10.2 Å². The van der Waals surface area contributed by atoms with Crippen molar-refractivity contribution in [1.29, 1.82) is 0 Å². The molecular formula is C13H17N5O3S. The van der Waals surface area contributed by atoms with Gasteiger partial charge in [-0.1, -0.05) is 11.8 Å². The number of hydrogen-bond donors (Lipinski definition) is 2. The second kappa shape index (κ2) is 7.64. The van der Waals surface area contributed by atoms with E-state index in [9.17, 15) is 9.59 Å². The number of thioether (sulfide) groups is 1. The van der Waals surface area contributed by atoms with Crippen molar-refractivity contribution >= 4 is 23.6 Å². The van der Waals surface area contributed by atoms with Crippen LogP contribution in [-0.4, -0.2) is 45.4 Å². The molecule has 0 fully saturated rings. The fraction of sp³-hybridized carbons (Fsp3) is 0.385. The molecule has 0 bridgehead atoms. The number of hydrogen-bond acceptors (Lipinski definition) is 6. The Morgan fingerprint density at radius 3 is 2.82 bits per heavy atom. The Morgan fingerprint density at radius 1 is 1.32 bits per heavy atom. The highest BCUT2D eigenvalue weighted by atomic mass is 32.2. The highest BCUT2D eigenvalue weighted by molar-refractivity contribution is 7.99. The third-order valence-electron chi connectivity index (χ3n) is 2.73. The minimum Gasteiger partial charge on any atom is -0.461 e. The monoisotopic (exact) mass is 323 g/mol. The standard InChI is InChI=1S/C13H17N5O3S/c1-3-14-10(19)7-15-11(20)8-22-13-17-16-12(18(13)2)9-5-4-6-21-9/h4-6H,3,7-8H2,1-2H3,(H,14,19)(H,15,20). The van der Waals surface area contributed by atoms with Crippen molar-refractivity contribution in [2.24, 2.45) is 7.05 Å². The highest BCUT2D eigenvalue weighted by Gasteiger charge is 2.14. The molecule has 2 aromatic heterocycles. The summed E-state index contributed by atoms with van der Waals surface area (Å²) in [7, 11) is 1.80. The summed E-state index contributed by atoms with van der Waals surface area (Å²) < 4.78 is 7.02. The molecule has 0 aliphatic heterocycles. The van der Waals surface area contributed by atoms with Crippen LogP contribution in [0.2, 0.25) is 0 Å². The number of nitrogens with zero attached hydrogens (tertiary/aromatic N) is 3. The highest BCUT2D eigenvalue weighted by Crippen LogP contribution is 2.22. The van der Waals surface area contributed by atoms with E-state index in [0.717, 1.165) is 0 Å². The number of amides is 2. The number of carbonyl (C=O) groups excluding carboxylic acids is 2. The number of nitrogens with one attached hydrogen (secondary N) is 2. The number of rotatable bonds is 7. The number of carbonyl (C=O) groups is 2. The van der Waals surface area contributed by atoms with Crippen LogP contribution in [0.5, 0.6) is 0 Å². The van der Waals surface area contributed by atoms with Crippen molar-refractivity contribution in [3.63, 3.8) is 0 Å². The van der Waals surface area contributed by atoms with Crippen molar-refractivity contribution in [3.8, 4) is 11.6 Å². The predicted molar refractivity (Wildman–Crippen MR) is 81.1 cm³/mol. The maximum absolute atomic E-state index is 11.7. The van der Waals surface area contributed by atoms with Gasteiger partial charge in [0.2, 0.25) is 11.8 Å². The largest absolute Gasteiger partial charge is 0.461 e. The van der Waals surface area contributed by atoms with Gasteiger partial charge in [0.15, 0.2) is 16.7 Å². The fourth-order valence-electron chi connectivity index (χ4n) is 1.68. The first-order valence-corrected chi connectivity index (χ1v) is 7.69. The predicted octanol–water partition coefficient (Wildman–Crippen LogP) is 0.419. The maximum atomic E-state index is 11.7. The first-order chi connectivity index (χ1) is 10.6. The van der Waals surface area contributed by atoms with E-state index in [1.807, 2.05) is 6.92 Å². The summed E-state index contributed by atoms with van der Waals surface area (Å²) >= 11 is 1.24. The summed E-state index contributed by atoms with van der Waals surface area (Å²) in [6.07, 6.45) is 1.56. The minimum atomic E-state index is -0.237. The maximum Gasteiger partial charge on any atom is 0.239 e. The van der Waals surface area contributed by atoms with Crippen molar-refractivity contribution in [2.45, 2.75) is 12.1 Å². The molecule has 0 unspecified atom stereocenters. The summed E-state index contributed by atoms with van der Waals surface area (Å²) in [6.45, 7) is 2.34. The lowest BCUT2D eigenvalue weighted by atomic mass is 10.4. The zero-order valence-electron chi connectivity index (χ0n) is 12.3. The van der Waals surface area contributed by atoms with Crippen LogP contribution >= 0.6 is 11.8 Å². The molecule has 0 saturated heterocycles. The summed E-state index contributed by atoms with van der Waals surface area (Å²) in [4.78, 5) is 22.9. The molecule has 0 aliphatic carbocycles. The Kier molecular flexibility index (Phi) is 5.59. The van der Waals surface area contributed by atoms with Crippen LogP contribution in [0.3, 0.4) is 0 Å². The topological polar surface area (TPSA) is 102 Å². The molecule has 118 valence electrons. The van der Waals surface area contributed by atoms with E-state index in [-0.39, 0.29) is 24.1 Å². The molecule has 2 rings (SSSR count). The second-order valence-corrected chi connectivity index (χ2v) is 5.30. The Balaban J connectivity index is 1.85. The molecule has 2 amide bonds. The third kappa shape index (κ3) is 4.10. The SMILES string of the molecule is CCNC(=O)CNC(=O)CSc1nnc(-c2ccco2)n1C. The Hall–Kier alpha value is -2.29. The van der Waals surface area contributed by atoms with Crippen molar-refractivity contribution in [1.82, 2.24) is 25.4 Å². The van der Waals surface area contributed by atoms with E-state index in [1.54, 1.807) is 30.0 Å². The van der Waals surface area contributed by atoms with Gasteiger partial charge >= 0.3 is 0 Å². The molecule has 2 heterocycles. The van der Waals surface area contributed by atoms with Gasteiger partial charge < -0.3 is 19.6 Å². The molecule has 0 spiro atoms. The van der Waals surface area contributed by atoms with E-state index in [1.165, 1.54) is 11.8 Å². The van der Waals surface area contributed by atoms with E-state index in [2.05, 4.69) is 20.8 Å². The van der Waals surface area contributed by atoms with Gasteiger partial charge in [-0.3, -0.25) is 9.59 Å². The first-order valence-electron chi connectivity index (χ1n) is 6.71. The lowest BCUT2D eigenvalue weighted by molar-refractivity contribution is -0.124. The molecule has 0 atom stereocenters. The fourth-order valence-corrected chi connectivity index (χ4v) is 2.42. The average molecular weight is 323 g/mol. The Bertz CT molecular complexity index is 638. The molecular weight excluding hydrogens is 306 g/mol. The second-order valence-electron chi connectivity index (χ2n) is 4.36. The third-order valence-corrected chi connectivity index (χ3v) is 3.75. The summed E-state index contributed by atoms with van der Waals surface area (Å²) in [5, 5.41) is 13.8. The van der Waals surface area contributed by atoms with E-state index in [0.29, 0.717) is 23.3 Å². The molecule has 0 aliphatic rings. The van der Waals surface area contributed by atoms with E-state index < -0.39 is 0 Å². The zero-order valence-corrected chi connectivity index (χ0v) is 13.1. The van der Waals surface area contributed by atoms with Crippen LogP contribution in [0.1, 0.15) is 6.92 Å². The summed E-state index contributed by atoms with van der Waals surface area (Å²) in [5.41, 5.74) is 0. The number of likely N-dealkylation sites (N-methyl/N-ethyl adjacent to an activating group) is 1. The van der Waals surface area contributed by atoms with Crippen LogP contribution in [0.4, 0.5) is 0 Å². The molecule has 2 N–H and O–H groups in total. The lowest BCUT2D eigenvalue weighted by Gasteiger charge is -2.05. The van der Waals surface area contributed by atoms with Gasteiger partial charge in [-0.25, -0.2) is 0 Å². The quantitative estimate of drug-likeness (QED) is 0.716.